The van der Waals surface area contributed by atoms with Crippen LogP contribution < -0.4 is 0 Å². The van der Waals surface area contributed by atoms with Crippen LogP contribution in [0.3, 0.4) is 0 Å². The Morgan fingerprint density at radius 3 is 1.96 bits per heavy atom. The van der Waals surface area contributed by atoms with Gasteiger partial charge in [-0.15, -0.1) is 0 Å². The van der Waals surface area contributed by atoms with Crippen molar-refractivity contribution in [2.45, 2.75) is 31.8 Å². The molecule has 2 aromatic heterocycles. The summed E-state index contributed by atoms with van der Waals surface area (Å²) in [4.78, 5) is 0.297. The topological polar surface area (TPSA) is 63.7 Å². The molecule has 1 aromatic carbocycles. The van der Waals surface area contributed by atoms with Crippen molar-refractivity contribution in [3.63, 3.8) is 0 Å². The van der Waals surface area contributed by atoms with Gasteiger partial charge in [0.1, 0.15) is 11.5 Å². The van der Waals surface area contributed by atoms with Gasteiger partial charge in [-0.05, 0) is 49.7 Å². The van der Waals surface area contributed by atoms with Crippen LogP contribution in [0.4, 0.5) is 0 Å². The lowest BCUT2D eigenvalue weighted by atomic mass is 10.2. The average Bonchev–Trinajstić information content (AvgIpc) is 3.19. The summed E-state index contributed by atoms with van der Waals surface area (Å²) in [6, 6.07) is 12.3. The minimum absolute atomic E-state index is 0.142. The van der Waals surface area contributed by atoms with Gasteiger partial charge in [-0.3, -0.25) is 0 Å². The van der Waals surface area contributed by atoms with Crippen molar-refractivity contribution in [1.29, 1.82) is 0 Å². The van der Waals surface area contributed by atoms with Crippen LogP contribution in [-0.2, 0) is 23.1 Å². The first kappa shape index (κ1) is 16.5. The fraction of sp³-hybridized carbons (Fsp3) is 0.222. The van der Waals surface area contributed by atoms with Gasteiger partial charge in [-0.1, -0.05) is 17.7 Å². The highest BCUT2D eigenvalue weighted by molar-refractivity contribution is 7.89. The van der Waals surface area contributed by atoms with Crippen LogP contribution >= 0.6 is 0 Å². The van der Waals surface area contributed by atoms with Crippen LogP contribution in [0.1, 0.15) is 22.6 Å². The molecule has 0 unspecified atom stereocenters. The molecule has 3 aromatic rings. The van der Waals surface area contributed by atoms with E-state index < -0.39 is 10.0 Å². The van der Waals surface area contributed by atoms with Crippen LogP contribution in [0.5, 0.6) is 0 Å². The van der Waals surface area contributed by atoms with E-state index in [0.717, 1.165) is 11.1 Å². The minimum Gasteiger partial charge on any atom is -0.468 e. The standard InChI is InChI=1S/C18H19NO4S/c1-14-7-8-18(15(2)11-14)24(20,21)19(12-16-5-3-9-22-16)13-17-6-4-10-23-17/h3-11H,12-13H2,1-2H3. The van der Waals surface area contributed by atoms with Gasteiger partial charge in [-0.2, -0.15) is 4.31 Å². The first-order valence-corrected chi connectivity index (χ1v) is 9.03. The van der Waals surface area contributed by atoms with E-state index in [2.05, 4.69) is 0 Å². The van der Waals surface area contributed by atoms with Crippen LogP contribution in [-0.4, -0.2) is 12.7 Å². The number of nitrogens with zero attached hydrogens (tertiary/aromatic N) is 1. The normalized spacial score (nSPS) is 12.0. The number of hydrogen-bond donors (Lipinski definition) is 0. The molecule has 0 spiro atoms. The quantitative estimate of drug-likeness (QED) is 0.680. The molecule has 6 heteroatoms. The van der Waals surface area contributed by atoms with E-state index in [1.807, 2.05) is 13.0 Å². The zero-order chi connectivity index (χ0) is 17.2. The van der Waals surface area contributed by atoms with E-state index in [9.17, 15) is 8.42 Å². The monoisotopic (exact) mass is 345 g/mol. The maximum atomic E-state index is 13.2. The molecule has 3 rings (SSSR count). The summed E-state index contributed by atoms with van der Waals surface area (Å²) in [5, 5.41) is 0. The van der Waals surface area contributed by atoms with Gasteiger partial charge in [0.15, 0.2) is 0 Å². The third kappa shape index (κ3) is 3.44. The van der Waals surface area contributed by atoms with Gasteiger partial charge in [0.2, 0.25) is 10.0 Å². The molecular formula is C18H19NO4S. The second-order valence-electron chi connectivity index (χ2n) is 5.70. The van der Waals surface area contributed by atoms with Crippen molar-refractivity contribution in [2.75, 3.05) is 0 Å². The van der Waals surface area contributed by atoms with Crippen molar-refractivity contribution in [3.05, 3.63) is 77.6 Å². The highest BCUT2D eigenvalue weighted by Gasteiger charge is 2.28. The Morgan fingerprint density at radius 1 is 0.917 bits per heavy atom. The van der Waals surface area contributed by atoms with E-state index in [0.29, 0.717) is 16.4 Å². The van der Waals surface area contributed by atoms with E-state index in [4.69, 9.17) is 8.83 Å². The number of aryl methyl sites for hydroxylation is 2. The summed E-state index contributed by atoms with van der Waals surface area (Å²) >= 11 is 0. The van der Waals surface area contributed by atoms with Crippen LogP contribution in [0.15, 0.2) is 68.7 Å². The van der Waals surface area contributed by atoms with E-state index in [1.54, 1.807) is 43.3 Å². The molecule has 0 N–H and O–H groups in total. The Kier molecular flexibility index (Phi) is 4.59. The first-order chi connectivity index (χ1) is 11.5. The summed E-state index contributed by atoms with van der Waals surface area (Å²) < 4.78 is 38.3. The lowest BCUT2D eigenvalue weighted by Gasteiger charge is -2.21. The molecule has 0 saturated carbocycles. The molecule has 24 heavy (non-hydrogen) atoms. The van der Waals surface area contributed by atoms with Crippen molar-refractivity contribution >= 4 is 10.0 Å². The SMILES string of the molecule is Cc1ccc(S(=O)(=O)N(Cc2ccco2)Cc2ccco2)c(C)c1. The highest BCUT2D eigenvalue weighted by Crippen LogP contribution is 2.24. The summed E-state index contributed by atoms with van der Waals surface area (Å²) in [7, 11) is -3.69. The van der Waals surface area contributed by atoms with E-state index in [-0.39, 0.29) is 13.1 Å². The average molecular weight is 345 g/mol. The molecule has 0 saturated heterocycles. The fourth-order valence-corrected chi connectivity index (χ4v) is 4.18. The van der Waals surface area contributed by atoms with Gasteiger partial charge in [0, 0.05) is 0 Å². The van der Waals surface area contributed by atoms with Gasteiger partial charge in [0.05, 0.1) is 30.5 Å². The second-order valence-corrected chi connectivity index (χ2v) is 7.61. The predicted octanol–water partition coefficient (Wildman–Crippen LogP) is 3.88. The van der Waals surface area contributed by atoms with Crippen LogP contribution in [0.2, 0.25) is 0 Å². The lowest BCUT2D eigenvalue weighted by Crippen LogP contribution is -2.30. The molecule has 0 aliphatic carbocycles. The molecule has 0 aliphatic rings. The summed E-state index contributed by atoms with van der Waals surface area (Å²) in [6.07, 6.45) is 3.06. The second kappa shape index (κ2) is 6.67. The van der Waals surface area contributed by atoms with Crippen molar-refractivity contribution in [2.24, 2.45) is 0 Å². The molecule has 5 nitrogen and oxygen atoms in total. The molecule has 0 aliphatic heterocycles. The first-order valence-electron chi connectivity index (χ1n) is 7.59. The fourth-order valence-electron chi connectivity index (χ4n) is 2.61. The van der Waals surface area contributed by atoms with E-state index >= 15 is 0 Å². The highest BCUT2D eigenvalue weighted by atomic mass is 32.2. The molecule has 0 bridgehead atoms. The molecule has 0 atom stereocenters. The third-order valence-corrected chi connectivity index (χ3v) is 5.72. The Hall–Kier alpha value is -2.31. The molecule has 2 heterocycles. The van der Waals surface area contributed by atoms with Crippen molar-refractivity contribution in [3.8, 4) is 0 Å². The lowest BCUT2D eigenvalue weighted by molar-refractivity contribution is 0.330. The van der Waals surface area contributed by atoms with Gasteiger partial charge >= 0.3 is 0 Å². The molecule has 0 fully saturated rings. The third-order valence-electron chi connectivity index (χ3n) is 3.77. The zero-order valence-corrected chi connectivity index (χ0v) is 14.4. The van der Waals surface area contributed by atoms with E-state index in [1.165, 1.54) is 16.8 Å². The summed E-state index contributed by atoms with van der Waals surface area (Å²) in [6.45, 7) is 4.03. The van der Waals surface area contributed by atoms with Crippen molar-refractivity contribution < 1.29 is 17.3 Å². The number of hydrogen-bond acceptors (Lipinski definition) is 4. The molecule has 0 radical (unpaired) electrons. The number of benzene rings is 1. The summed E-state index contributed by atoms with van der Waals surface area (Å²) in [5.74, 6) is 1.16. The smallest absolute Gasteiger partial charge is 0.244 e. The molecule has 0 amide bonds. The van der Waals surface area contributed by atoms with Crippen LogP contribution in [0, 0.1) is 13.8 Å². The van der Waals surface area contributed by atoms with Gasteiger partial charge < -0.3 is 8.83 Å². The Balaban J connectivity index is 1.99. The molecule has 126 valence electrons. The summed E-state index contributed by atoms with van der Waals surface area (Å²) in [5.41, 5.74) is 1.74. The van der Waals surface area contributed by atoms with Crippen LogP contribution in [0.25, 0.3) is 0 Å². The zero-order valence-electron chi connectivity index (χ0n) is 13.6. The largest absolute Gasteiger partial charge is 0.468 e. The van der Waals surface area contributed by atoms with Gasteiger partial charge in [0.25, 0.3) is 0 Å². The molecular weight excluding hydrogens is 326 g/mol. The Labute approximate surface area is 141 Å². The predicted molar refractivity (Wildman–Crippen MR) is 89.8 cm³/mol. The minimum atomic E-state index is -3.69. The maximum Gasteiger partial charge on any atom is 0.244 e. The Morgan fingerprint density at radius 2 is 1.50 bits per heavy atom. The Bertz CT molecular complexity index is 860. The van der Waals surface area contributed by atoms with Crippen molar-refractivity contribution in [1.82, 2.24) is 4.31 Å². The maximum absolute atomic E-state index is 13.2. The number of furan rings is 2. The number of rotatable bonds is 6. The van der Waals surface area contributed by atoms with Gasteiger partial charge in [-0.25, -0.2) is 8.42 Å². The number of sulfonamides is 1.